The smallest absolute Gasteiger partial charge is 0.335 e. The predicted octanol–water partition coefficient (Wildman–Crippen LogP) is 2.07. The zero-order chi connectivity index (χ0) is 10.1. The Bertz CT molecular complexity index is 374. The van der Waals surface area contributed by atoms with Gasteiger partial charge in [-0.25, -0.2) is 4.79 Å². The summed E-state index contributed by atoms with van der Waals surface area (Å²) in [5.41, 5.74) is 1.18. The van der Waals surface area contributed by atoms with Crippen LogP contribution in [0.3, 0.4) is 0 Å². The van der Waals surface area contributed by atoms with Crippen LogP contribution in [-0.4, -0.2) is 17.6 Å². The Hall–Kier alpha value is -1.06. The van der Waals surface area contributed by atoms with E-state index in [-0.39, 0.29) is 11.6 Å². The summed E-state index contributed by atoms with van der Waals surface area (Å²) >= 11 is 5.98. The van der Waals surface area contributed by atoms with Gasteiger partial charge in [0.1, 0.15) is 0 Å². The first-order chi connectivity index (χ1) is 6.68. The Morgan fingerprint density at radius 2 is 2.29 bits per heavy atom. The molecular formula is C10H10ClNO2. The molecule has 3 nitrogen and oxygen atoms in total. The van der Waals surface area contributed by atoms with Crippen molar-refractivity contribution < 1.29 is 9.90 Å². The van der Waals surface area contributed by atoms with Gasteiger partial charge in [-0.15, -0.1) is 0 Å². The third-order valence-corrected chi connectivity index (χ3v) is 2.79. The average Bonchev–Trinajstić information content (AvgIpc) is 2.05. The molecule has 0 aliphatic carbocycles. The van der Waals surface area contributed by atoms with Crippen LogP contribution in [0.25, 0.3) is 0 Å². The molecule has 1 aromatic carbocycles. The molecule has 1 aliphatic heterocycles. The van der Waals surface area contributed by atoms with Gasteiger partial charge < -0.3 is 10.4 Å². The number of aromatic carboxylic acids is 1. The molecule has 0 bridgehead atoms. The van der Waals surface area contributed by atoms with Crippen LogP contribution in [0.2, 0.25) is 5.02 Å². The van der Waals surface area contributed by atoms with Gasteiger partial charge in [0.15, 0.2) is 0 Å². The van der Waals surface area contributed by atoms with Crippen molar-refractivity contribution in [2.45, 2.75) is 12.5 Å². The van der Waals surface area contributed by atoms with E-state index in [1.807, 2.05) is 0 Å². The SMILES string of the molecule is O=C(O)c1ccc(Cl)c([C@H]2CCN2)c1. The van der Waals surface area contributed by atoms with Gasteiger partial charge in [-0.3, -0.25) is 0 Å². The highest BCUT2D eigenvalue weighted by molar-refractivity contribution is 6.31. The first-order valence-corrected chi connectivity index (χ1v) is 4.82. The molecule has 1 aromatic rings. The first kappa shape index (κ1) is 9.49. The molecule has 14 heavy (non-hydrogen) atoms. The predicted molar refractivity (Wildman–Crippen MR) is 53.8 cm³/mol. The molecule has 0 unspecified atom stereocenters. The molecule has 1 atom stereocenters. The van der Waals surface area contributed by atoms with Gasteiger partial charge >= 0.3 is 5.97 Å². The second-order valence-corrected chi connectivity index (χ2v) is 3.74. The number of carbonyl (C=O) groups is 1. The zero-order valence-corrected chi connectivity index (χ0v) is 8.21. The third-order valence-electron chi connectivity index (χ3n) is 2.44. The number of halogens is 1. The molecule has 0 spiro atoms. The Morgan fingerprint density at radius 1 is 1.57 bits per heavy atom. The lowest BCUT2D eigenvalue weighted by Crippen LogP contribution is -2.35. The second-order valence-electron chi connectivity index (χ2n) is 3.34. The number of hydrogen-bond donors (Lipinski definition) is 2. The van der Waals surface area contributed by atoms with Crippen molar-refractivity contribution in [3.8, 4) is 0 Å². The maximum Gasteiger partial charge on any atom is 0.335 e. The molecule has 0 aromatic heterocycles. The maximum atomic E-state index is 10.7. The summed E-state index contributed by atoms with van der Waals surface area (Å²) in [6, 6.07) is 5.02. The topological polar surface area (TPSA) is 49.3 Å². The van der Waals surface area contributed by atoms with E-state index in [1.54, 1.807) is 12.1 Å². The van der Waals surface area contributed by atoms with Crippen molar-refractivity contribution in [3.05, 3.63) is 34.3 Å². The van der Waals surface area contributed by atoms with Crippen LogP contribution in [-0.2, 0) is 0 Å². The van der Waals surface area contributed by atoms with Gasteiger partial charge in [0.05, 0.1) is 5.56 Å². The molecule has 1 aliphatic rings. The molecule has 4 heteroatoms. The highest BCUT2D eigenvalue weighted by atomic mass is 35.5. The monoisotopic (exact) mass is 211 g/mol. The highest BCUT2D eigenvalue weighted by Gasteiger charge is 2.21. The fourth-order valence-corrected chi connectivity index (χ4v) is 1.75. The summed E-state index contributed by atoms with van der Waals surface area (Å²) in [6.07, 6.45) is 1.02. The second kappa shape index (κ2) is 3.59. The minimum Gasteiger partial charge on any atom is -0.478 e. The summed E-state index contributed by atoms with van der Waals surface area (Å²) in [7, 11) is 0. The molecule has 1 heterocycles. The molecule has 1 fully saturated rings. The minimum atomic E-state index is -0.915. The van der Waals surface area contributed by atoms with E-state index in [0.29, 0.717) is 5.02 Å². The van der Waals surface area contributed by atoms with Gasteiger partial charge in [-0.2, -0.15) is 0 Å². The zero-order valence-electron chi connectivity index (χ0n) is 7.46. The van der Waals surface area contributed by atoms with E-state index in [0.717, 1.165) is 18.5 Å². The minimum absolute atomic E-state index is 0.224. The molecule has 0 radical (unpaired) electrons. The summed E-state index contributed by atoms with van der Waals surface area (Å²) in [6.45, 7) is 0.971. The van der Waals surface area contributed by atoms with Crippen molar-refractivity contribution in [1.29, 1.82) is 0 Å². The Morgan fingerprint density at radius 3 is 2.79 bits per heavy atom. The number of nitrogens with one attached hydrogen (secondary N) is 1. The normalized spacial score (nSPS) is 20.2. The largest absolute Gasteiger partial charge is 0.478 e. The number of carboxylic acid groups (broad SMARTS) is 1. The number of carboxylic acids is 1. The van der Waals surface area contributed by atoms with Crippen LogP contribution in [0, 0.1) is 0 Å². The van der Waals surface area contributed by atoms with E-state index in [9.17, 15) is 4.79 Å². The average molecular weight is 212 g/mol. The third kappa shape index (κ3) is 1.61. The van der Waals surface area contributed by atoms with Crippen molar-refractivity contribution in [1.82, 2.24) is 5.32 Å². The van der Waals surface area contributed by atoms with Crippen LogP contribution >= 0.6 is 11.6 Å². The van der Waals surface area contributed by atoms with Gasteiger partial charge in [0, 0.05) is 11.1 Å². The molecule has 74 valence electrons. The van der Waals surface area contributed by atoms with Crippen molar-refractivity contribution >= 4 is 17.6 Å². The molecule has 2 N–H and O–H groups in total. The Labute approximate surface area is 86.7 Å². The van der Waals surface area contributed by atoms with Crippen LogP contribution in [0.4, 0.5) is 0 Å². The lowest BCUT2D eigenvalue weighted by molar-refractivity contribution is 0.0696. The fraction of sp³-hybridized carbons (Fsp3) is 0.300. The van der Waals surface area contributed by atoms with Gasteiger partial charge in [-0.05, 0) is 36.7 Å². The van der Waals surface area contributed by atoms with Gasteiger partial charge in [-0.1, -0.05) is 11.6 Å². The summed E-state index contributed by atoms with van der Waals surface area (Å²) in [5, 5.41) is 12.6. The van der Waals surface area contributed by atoms with Gasteiger partial charge in [0.2, 0.25) is 0 Å². The van der Waals surface area contributed by atoms with Crippen molar-refractivity contribution in [2.24, 2.45) is 0 Å². The molecule has 0 amide bonds. The highest BCUT2D eigenvalue weighted by Crippen LogP contribution is 2.29. The van der Waals surface area contributed by atoms with E-state index in [2.05, 4.69) is 5.32 Å². The van der Waals surface area contributed by atoms with E-state index in [4.69, 9.17) is 16.7 Å². The van der Waals surface area contributed by atoms with Crippen LogP contribution in [0.5, 0.6) is 0 Å². The number of rotatable bonds is 2. The Balaban J connectivity index is 2.36. The number of hydrogen-bond acceptors (Lipinski definition) is 2. The molecule has 2 rings (SSSR count). The van der Waals surface area contributed by atoms with Crippen LogP contribution in [0.1, 0.15) is 28.4 Å². The lowest BCUT2D eigenvalue weighted by atomic mass is 9.96. The standard InChI is InChI=1S/C10H10ClNO2/c11-8-2-1-6(10(13)14)5-7(8)9-3-4-12-9/h1-2,5,9,12H,3-4H2,(H,13,14)/t9-/m1/s1. The van der Waals surface area contributed by atoms with Crippen molar-refractivity contribution in [3.63, 3.8) is 0 Å². The quantitative estimate of drug-likeness (QED) is 0.788. The molecule has 1 saturated heterocycles. The maximum absolute atomic E-state index is 10.7. The van der Waals surface area contributed by atoms with E-state index < -0.39 is 5.97 Å². The number of benzene rings is 1. The fourth-order valence-electron chi connectivity index (χ4n) is 1.50. The lowest BCUT2D eigenvalue weighted by Gasteiger charge is -2.28. The first-order valence-electron chi connectivity index (χ1n) is 4.44. The van der Waals surface area contributed by atoms with Crippen LogP contribution in [0.15, 0.2) is 18.2 Å². The van der Waals surface area contributed by atoms with Crippen LogP contribution < -0.4 is 5.32 Å². The molecule has 0 saturated carbocycles. The Kier molecular flexibility index (Phi) is 2.44. The molecular weight excluding hydrogens is 202 g/mol. The summed E-state index contributed by atoms with van der Waals surface area (Å²) in [5.74, 6) is -0.915. The van der Waals surface area contributed by atoms with E-state index in [1.165, 1.54) is 6.07 Å². The van der Waals surface area contributed by atoms with Crippen molar-refractivity contribution in [2.75, 3.05) is 6.54 Å². The summed E-state index contributed by atoms with van der Waals surface area (Å²) < 4.78 is 0. The summed E-state index contributed by atoms with van der Waals surface area (Å²) in [4.78, 5) is 10.7. The van der Waals surface area contributed by atoms with E-state index >= 15 is 0 Å². The van der Waals surface area contributed by atoms with Gasteiger partial charge in [0.25, 0.3) is 0 Å².